The lowest BCUT2D eigenvalue weighted by Gasteiger charge is -2.12. The fourth-order valence-electron chi connectivity index (χ4n) is 1.77. The van der Waals surface area contributed by atoms with E-state index < -0.39 is 0 Å². The molecule has 5 nitrogen and oxygen atoms in total. The smallest absolute Gasteiger partial charge is 0.191 e. The zero-order chi connectivity index (χ0) is 14.6. The molecule has 0 aliphatic heterocycles. The van der Waals surface area contributed by atoms with Gasteiger partial charge in [-0.05, 0) is 38.3 Å². The van der Waals surface area contributed by atoms with Crippen LogP contribution in [0, 0.1) is 6.92 Å². The standard InChI is InChI=1S/C15H26N4O.HI/c1-4-20-11-6-5-9-18-15(16-3)19-12-14-13(2)8-7-10-17-14;/h7-8,10H,4-6,9,11-12H2,1-3H3,(H2,16,18,19);1H. The lowest BCUT2D eigenvalue weighted by atomic mass is 10.2. The van der Waals surface area contributed by atoms with Gasteiger partial charge < -0.3 is 15.4 Å². The largest absolute Gasteiger partial charge is 0.382 e. The summed E-state index contributed by atoms with van der Waals surface area (Å²) < 4.78 is 5.30. The predicted molar refractivity (Wildman–Crippen MR) is 98.3 cm³/mol. The molecule has 1 aromatic heterocycles. The fraction of sp³-hybridized carbons (Fsp3) is 0.600. The molecule has 0 aliphatic rings. The predicted octanol–water partition coefficient (Wildman–Crippen LogP) is 2.49. The molecule has 2 N–H and O–H groups in total. The topological polar surface area (TPSA) is 58.5 Å². The molecule has 0 aromatic carbocycles. The van der Waals surface area contributed by atoms with E-state index in [0.717, 1.165) is 44.3 Å². The molecule has 0 spiro atoms. The second-order valence-corrected chi connectivity index (χ2v) is 4.52. The zero-order valence-electron chi connectivity index (χ0n) is 13.2. The van der Waals surface area contributed by atoms with E-state index in [1.165, 1.54) is 5.56 Å². The highest BCUT2D eigenvalue weighted by molar-refractivity contribution is 14.0. The summed E-state index contributed by atoms with van der Waals surface area (Å²) >= 11 is 0. The number of aryl methyl sites for hydroxylation is 1. The van der Waals surface area contributed by atoms with Crippen molar-refractivity contribution < 1.29 is 4.74 Å². The lowest BCUT2D eigenvalue weighted by molar-refractivity contribution is 0.143. The fourth-order valence-corrected chi connectivity index (χ4v) is 1.77. The van der Waals surface area contributed by atoms with Crippen molar-refractivity contribution in [3.05, 3.63) is 29.6 Å². The number of pyridine rings is 1. The molecule has 0 radical (unpaired) electrons. The Morgan fingerprint density at radius 1 is 1.33 bits per heavy atom. The summed E-state index contributed by atoms with van der Waals surface area (Å²) in [5, 5.41) is 6.57. The maximum absolute atomic E-state index is 5.30. The third-order valence-electron chi connectivity index (χ3n) is 2.98. The van der Waals surface area contributed by atoms with E-state index in [1.54, 1.807) is 7.05 Å². The second kappa shape index (κ2) is 12.8. The van der Waals surface area contributed by atoms with Crippen LogP contribution in [0.25, 0.3) is 0 Å². The van der Waals surface area contributed by atoms with Crippen LogP contribution in [0.1, 0.15) is 31.0 Å². The molecule has 21 heavy (non-hydrogen) atoms. The Hall–Kier alpha value is -0.890. The van der Waals surface area contributed by atoms with E-state index in [1.807, 2.05) is 19.2 Å². The zero-order valence-corrected chi connectivity index (χ0v) is 15.5. The maximum Gasteiger partial charge on any atom is 0.191 e. The molecule has 120 valence electrons. The van der Waals surface area contributed by atoms with Crippen LogP contribution in [0.3, 0.4) is 0 Å². The van der Waals surface area contributed by atoms with Crippen molar-refractivity contribution in [3.8, 4) is 0 Å². The van der Waals surface area contributed by atoms with Crippen molar-refractivity contribution in [1.29, 1.82) is 0 Å². The molecular formula is C15H27IN4O. The number of ether oxygens (including phenoxy) is 1. The van der Waals surface area contributed by atoms with Gasteiger partial charge in [-0.1, -0.05) is 6.07 Å². The minimum absolute atomic E-state index is 0. The van der Waals surface area contributed by atoms with Crippen LogP contribution in [0.15, 0.2) is 23.3 Å². The number of hydrogen-bond donors (Lipinski definition) is 2. The minimum Gasteiger partial charge on any atom is -0.382 e. The Kier molecular flexibility index (Phi) is 12.3. The molecular weight excluding hydrogens is 379 g/mol. The van der Waals surface area contributed by atoms with Crippen molar-refractivity contribution in [3.63, 3.8) is 0 Å². The first-order valence-corrected chi connectivity index (χ1v) is 7.20. The number of hydrogen-bond acceptors (Lipinski definition) is 3. The number of aliphatic imine (C=N–C) groups is 1. The molecule has 1 heterocycles. The van der Waals surface area contributed by atoms with Crippen LogP contribution in [-0.2, 0) is 11.3 Å². The Labute approximate surface area is 145 Å². The molecule has 1 aromatic rings. The Bertz CT molecular complexity index is 412. The van der Waals surface area contributed by atoms with Crippen LogP contribution in [0.4, 0.5) is 0 Å². The summed E-state index contributed by atoms with van der Waals surface area (Å²) in [6.07, 6.45) is 3.95. The lowest BCUT2D eigenvalue weighted by Crippen LogP contribution is -2.37. The maximum atomic E-state index is 5.30. The average molecular weight is 406 g/mol. The Morgan fingerprint density at radius 3 is 2.81 bits per heavy atom. The van der Waals surface area contributed by atoms with Gasteiger partial charge in [0.1, 0.15) is 0 Å². The number of nitrogens with zero attached hydrogens (tertiary/aromatic N) is 2. The van der Waals surface area contributed by atoms with Gasteiger partial charge in [0.2, 0.25) is 0 Å². The number of nitrogens with one attached hydrogen (secondary N) is 2. The number of aromatic nitrogens is 1. The molecule has 0 bridgehead atoms. The number of rotatable bonds is 8. The van der Waals surface area contributed by atoms with Crippen molar-refractivity contribution in [2.75, 3.05) is 26.8 Å². The van der Waals surface area contributed by atoms with Gasteiger partial charge in [0.25, 0.3) is 0 Å². The summed E-state index contributed by atoms with van der Waals surface area (Å²) in [7, 11) is 1.78. The monoisotopic (exact) mass is 406 g/mol. The minimum atomic E-state index is 0. The van der Waals surface area contributed by atoms with E-state index in [9.17, 15) is 0 Å². The highest BCUT2D eigenvalue weighted by Gasteiger charge is 2.01. The van der Waals surface area contributed by atoms with Gasteiger partial charge in [-0.25, -0.2) is 0 Å². The Morgan fingerprint density at radius 2 is 2.14 bits per heavy atom. The SMILES string of the molecule is CCOCCCCNC(=NC)NCc1ncccc1C.I. The van der Waals surface area contributed by atoms with Crippen LogP contribution >= 0.6 is 24.0 Å². The van der Waals surface area contributed by atoms with E-state index in [4.69, 9.17) is 4.74 Å². The van der Waals surface area contributed by atoms with Crippen molar-refractivity contribution in [2.45, 2.75) is 33.2 Å². The molecule has 0 amide bonds. The first-order chi connectivity index (χ1) is 9.77. The van der Waals surface area contributed by atoms with Crippen LogP contribution in [-0.4, -0.2) is 37.7 Å². The van der Waals surface area contributed by atoms with Gasteiger partial charge in [-0.2, -0.15) is 0 Å². The third kappa shape index (κ3) is 8.87. The summed E-state index contributed by atoms with van der Waals surface area (Å²) in [6.45, 7) is 7.29. The van der Waals surface area contributed by atoms with Gasteiger partial charge in [-0.15, -0.1) is 24.0 Å². The first kappa shape index (κ1) is 20.1. The summed E-state index contributed by atoms with van der Waals surface area (Å²) in [5.74, 6) is 0.812. The molecule has 0 saturated carbocycles. The average Bonchev–Trinajstić information content (AvgIpc) is 2.47. The van der Waals surface area contributed by atoms with Gasteiger partial charge in [-0.3, -0.25) is 9.98 Å². The van der Waals surface area contributed by atoms with Gasteiger partial charge in [0.15, 0.2) is 5.96 Å². The van der Waals surface area contributed by atoms with Gasteiger partial charge in [0, 0.05) is 33.0 Å². The van der Waals surface area contributed by atoms with E-state index in [-0.39, 0.29) is 24.0 Å². The van der Waals surface area contributed by atoms with E-state index >= 15 is 0 Å². The number of unbranched alkanes of at least 4 members (excludes halogenated alkanes) is 1. The van der Waals surface area contributed by atoms with Crippen molar-refractivity contribution >= 4 is 29.9 Å². The van der Waals surface area contributed by atoms with Crippen LogP contribution < -0.4 is 10.6 Å². The molecule has 6 heteroatoms. The molecule has 1 rings (SSSR count). The van der Waals surface area contributed by atoms with Crippen LogP contribution in [0.2, 0.25) is 0 Å². The number of guanidine groups is 1. The molecule has 0 unspecified atom stereocenters. The highest BCUT2D eigenvalue weighted by Crippen LogP contribution is 2.01. The Balaban J connectivity index is 0.00000400. The molecule has 0 saturated heterocycles. The van der Waals surface area contributed by atoms with Crippen LogP contribution in [0.5, 0.6) is 0 Å². The second-order valence-electron chi connectivity index (χ2n) is 4.52. The molecule has 0 atom stereocenters. The van der Waals surface area contributed by atoms with Crippen molar-refractivity contribution in [2.24, 2.45) is 4.99 Å². The number of halogens is 1. The summed E-state index contributed by atoms with van der Waals surface area (Å²) in [6, 6.07) is 4.01. The van der Waals surface area contributed by atoms with Gasteiger partial charge in [0.05, 0.1) is 12.2 Å². The highest BCUT2D eigenvalue weighted by atomic mass is 127. The van der Waals surface area contributed by atoms with Gasteiger partial charge >= 0.3 is 0 Å². The first-order valence-electron chi connectivity index (χ1n) is 7.20. The summed E-state index contributed by atoms with van der Waals surface area (Å²) in [5.41, 5.74) is 2.24. The molecule has 0 aliphatic carbocycles. The molecule has 0 fully saturated rings. The third-order valence-corrected chi connectivity index (χ3v) is 2.98. The van der Waals surface area contributed by atoms with E-state index in [2.05, 4.69) is 33.6 Å². The normalized spacial score (nSPS) is 10.9. The van der Waals surface area contributed by atoms with E-state index in [0.29, 0.717) is 6.54 Å². The quantitative estimate of drug-likeness (QED) is 0.302. The summed E-state index contributed by atoms with van der Waals surface area (Å²) in [4.78, 5) is 8.56. The van der Waals surface area contributed by atoms with Crippen molar-refractivity contribution in [1.82, 2.24) is 15.6 Å².